The quantitative estimate of drug-likeness (QED) is 0.135. The molecule has 2 aromatic carbocycles. The second-order valence-corrected chi connectivity index (χ2v) is 25.7. The van der Waals surface area contributed by atoms with E-state index in [1.54, 1.807) is 0 Å². The molecule has 0 radical (unpaired) electrons. The Morgan fingerprint density at radius 2 is 1.21 bits per heavy atom. The van der Waals surface area contributed by atoms with Gasteiger partial charge in [-0.2, -0.15) is 0 Å². The number of aliphatic hydroxyl groups is 1. The Bertz CT molecular complexity index is 888. The Morgan fingerprint density at radius 1 is 0.718 bits per heavy atom. The molecule has 0 unspecified atom stereocenters. The molecule has 0 aliphatic rings. The molecule has 0 aliphatic carbocycles. The zero-order valence-electron chi connectivity index (χ0n) is 26.8. The first-order valence-electron chi connectivity index (χ1n) is 15.9. The first kappa shape index (κ1) is 34.0. The molecule has 0 aromatic heterocycles. The van der Waals surface area contributed by atoms with Gasteiger partial charge in [0.1, 0.15) is 0 Å². The van der Waals surface area contributed by atoms with E-state index in [0.29, 0.717) is 12.1 Å². The summed E-state index contributed by atoms with van der Waals surface area (Å²) in [6, 6.07) is 24.7. The molecule has 2 rings (SSSR count). The first-order chi connectivity index (χ1) is 18.3. The minimum absolute atomic E-state index is 0.295. The lowest BCUT2D eigenvalue weighted by atomic mass is 9.90. The minimum atomic E-state index is -1.46. The van der Waals surface area contributed by atoms with Gasteiger partial charge in [-0.25, -0.2) is 0 Å². The SMILES string of the molecule is CCCCCCCCC[C@@H](CC(O)(C[Si](C)(C)C)C[Si](C)(C)C)N(Cc1ccccc1)[C@@H](C)c1ccccc1. The van der Waals surface area contributed by atoms with Gasteiger partial charge < -0.3 is 5.11 Å². The normalized spacial score (nSPS) is 14.5. The zero-order valence-corrected chi connectivity index (χ0v) is 28.8. The molecule has 0 spiro atoms. The number of hydrogen-bond donors (Lipinski definition) is 1. The van der Waals surface area contributed by atoms with E-state index in [1.807, 2.05) is 0 Å². The highest BCUT2D eigenvalue weighted by Crippen LogP contribution is 2.38. The van der Waals surface area contributed by atoms with Crippen molar-refractivity contribution in [3.05, 3.63) is 71.8 Å². The van der Waals surface area contributed by atoms with Crippen LogP contribution in [0.25, 0.3) is 0 Å². The molecule has 0 amide bonds. The number of hydrogen-bond acceptors (Lipinski definition) is 2. The third-order valence-electron chi connectivity index (χ3n) is 7.93. The molecule has 220 valence electrons. The van der Waals surface area contributed by atoms with Crippen LogP contribution in [0.5, 0.6) is 0 Å². The molecule has 2 atom stereocenters. The second-order valence-electron chi connectivity index (χ2n) is 14.7. The van der Waals surface area contributed by atoms with E-state index in [4.69, 9.17) is 0 Å². The van der Waals surface area contributed by atoms with E-state index in [9.17, 15) is 5.11 Å². The summed E-state index contributed by atoms with van der Waals surface area (Å²) in [6.07, 6.45) is 11.4. The van der Waals surface area contributed by atoms with Crippen LogP contribution in [0.1, 0.15) is 88.8 Å². The van der Waals surface area contributed by atoms with E-state index < -0.39 is 21.7 Å². The molecule has 4 heteroatoms. The molecule has 0 fully saturated rings. The lowest BCUT2D eigenvalue weighted by Gasteiger charge is -2.44. The van der Waals surface area contributed by atoms with Crippen LogP contribution in [0.3, 0.4) is 0 Å². The number of rotatable bonds is 19. The summed E-state index contributed by atoms with van der Waals surface area (Å²) in [5.74, 6) is 0. The molecule has 0 bridgehead atoms. The van der Waals surface area contributed by atoms with Crippen molar-refractivity contribution in [1.82, 2.24) is 4.90 Å². The molecular formula is C35H61NOSi2. The van der Waals surface area contributed by atoms with Crippen LogP contribution in [0.4, 0.5) is 0 Å². The largest absolute Gasteiger partial charge is 0.390 e. The van der Waals surface area contributed by atoms with Crippen LogP contribution in [-0.2, 0) is 6.54 Å². The zero-order chi connectivity index (χ0) is 28.9. The summed E-state index contributed by atoms with van der Waals surface area (Å²) in [5, 5.41) is 12.5. The van der Waals surface area contributed by atoms with Gasteiger partial charge in [0.05, 0.1) is 5.60 Å². The Labute approximate surface area is 244 Å². The van der Waals surface area contributed by atoms with Crippen LogP contribution in [0.15, 0.2) is 60.7 Å². The molecule has 39 heavy (non-hydrogen) atoms. The Hall–Kier alpha value is -1.21. The summed E-state index contributed by atoms with van der Waals surface area (Å²) in [5.41, 5.74) is 2.16. The van der Waals surface area contributed by atoms with Crippen molar-refractivity contribution in [2.45, 2.75) is 147 Å². The second kappa shape index (κ2) is 16.3. The van der Waals surface area contributed by atoms with Crippen LogP contribution in [0, 0.1) is 0 Å². The van der Waals surface area contributed by atoms with E-state index >= 15 is 0 Å². The van der Waals surface area contributed by atoms with E-state index in [1.165, 1.54) is 56.1 Å². The van der Waals surface area contributed by atoms with Gasteiger partial charge in [-0.05, 0) is 43.0 Å². The van der Waals surface area contributed by atoms with Crippen LogP contribution < -0.4 is 0 Å². The Morgan fingerprint density at radius 3 is 1.72 bits per heavy atom. The predicted octanol–water partition coefficient (Wildman–Crippen LogP) is 10.6. The van der Waals surface area contributed by atoms with Crippen LogP contribution in [-0.4, -0.2) is 37.8 Å². The minimum Gasteiger partial charge on any atom is -0.390 e. The van der Waals surface area contributed by atoms with Crippen LogP contribution in [0.2, 0.25) is 51.4 Å². The molecular weight excluding hydrogens is 507 g/mol. The van der Waals surface area contributed by atoms with Gasteiger partial charge in [0.15, 0.2) is 0 Å². The van der Waals surface area contributed by atoms with Gasteiger partial charge in [0, 0.05) is 34.8 Å². The standard InChI is InChI=1S/C35H61NOSi2/c1-9-10-11-12-13-14-21-26-34(27-35(37,29-38(3,4)5)30-39(6,7)8)36(28-32-22-17-15-18-23-32)31(2)33-24-19-16-20-25-33/h15-20,22-25,31,34,37H,9-14,21,26-30H2,1-8H3/t31-,34-/m0/s1. The smallest absolute Gasteiger partial charge is 0.0616 e. The molecule has 1 N–H and O–H groups in total. The topological polar surface area (TPSA) is 23.5 Å². The number of benzene rings is 2. The van der Waals surface area contributed by atoms with Crippen molar-refractivity contribution in [2.75, 3.05) is 0 Å². The fourth-order valence-corrected chi connectivity index (χ4v) is 11.4. The lowest BCUT2D eigenvalue weighted by Crippen LogP contribution is -2.49. The Balaban J connectivity index is 2.40. The predicted molar refractivity (Wildman–Crippen MR) is 179 cm³/mol. The van der Waals surface area contributed by atoms with Gasteiger partial charge in [0.2, 0.25) is 0 Å². The summed E-state index contributed by atoms with van der Waals surface area (Å²) in [4.78, 5) is 2.74. The van der Waals surface area contributed by atoms with Crippen molar-refractivity contribution in [3.63, 3.8) is 0 Å². The van der Waals surface area contributed by atoms with Gasteiger partial charge in [-0.15, -0.1) is 0 Å². The molecule has 0 saturated heterocycles. The summed E-state index contributed by atoms with van der Waals surface area (Å²) >= 11 is 0. The van der Waals surface area contributed by atoms with Crippen molar-refractivity contribution >= 4 is 16.1 Å². The summed E-state index contributed by atoms with van der Waals surface area (Å²) in [6.45, 7) is 20.2. The summed E-state index contributed by atoms with van der Waals surface area (Å²) in [7, 11) is -2.92. The Kier molecular flexibility index (Phi) is 14.2. The van der Waals surface area contributed by atoms with Gasteiger partial charge in [0.25, 0.3) is 0 Å². The lowest BCUT2D eigenvalue weighted by molar-refractivity contribution is 0.0141. The highest BCUT2D eigenvalue weighted by Gasteiger charge is 2.40. The highest BCUT2D eigenvalue weighted by atomic mass is 28.3. The average molecular weight is 568 g/mol. The first-order valence-corrected chi connectivity index (χ1v) is 23.3. The molecule has 0 saturated carbocycles. The van der Waals surface area contributed by atoms with E-state index in [-0.39, 0.29) is 0 Å². The van der Waals surface area contributed by atoms with Crippen molar-refractivity contribution < 1.29 is 5.11 Å². The third-order valence-corrected chi connectivity index (χ3v) is 11.4. The van der Waals surface area contributed by atoms with Gasteiger partial charge >= 0.3 is 0 Å². The fraction of sp³-hybridized carbons (Fsp3) is 0.657. The van der Waals surface area contributed by atoms with Gasteiger partial charge in [-0.3, -0.25) is 4.90 Å². The summed E-state index contributed by atoms with van der Waals surface area (Å²) < 4.78 is 0. The maximum Gasteiger partial charge on any atom is 0.0616 e. The fourth-order valence-electron chi connectivity index (χ4n) is 6.64. The van der Waals surface area contributed by atoms with Crippen molar-refractivity contribution in [2.24, 2.45) is 0 Å². The average Bonchev–Trinajstić information content (AvgIpc) is 2.84. The van der Waals surface area contributed by atoms with E-state index in [0.717, 1.165) is 31.5 Å². The highest BCUT2D eigenvalue weighted by molar-refractivity contribution is 6.78. The molecule has 0 aliphatic heterocycles. The third kappa shape index (κ3) is 13.8. The maximum absolute atomic E-state index is 12.5. The maximum atomic E-state index is 12.5. The molecule has 2 aromatic rings. The van der Waals surface area contributed by atoms with Crippen molar-refractivity contribution in [1.29, 1.82) is 0 Å². The number of unbranched alkanes of at least 4 members (excludes halogenated alkanes) is 6. The number of nitrogens with zero attached hydrogens (tertiary/aromatic N) is 1. The molecule has 0 heterocycles. The van der Waals surface area contributed by atoms with Crippen molar-refractivity contribution in [3.8, 4) is 0 Å². The monoisotopic (exact) mass is 567 g/mol. The van der Waals surface area contributed by atoms with Gasteiger partial charge in [-0.1, -0.05) is 152 Å². The van der Waals surface area contributed by atoms with Crippen LogP contribution >= 0.6 is 0 Å². The molecule has 2 nitrogen and oxygen atoms in total. The van der Waals surface area contributed by atoms with E-state index in [2.05, 4.69) is 119 Å².